The molecule has 1 aliphatic heterocycles. The highest BCUT2D eigenvalue weighted by Crippen LogP contribution is 2.37. The van der Waals surface area contributed by atoms with Crippen molar-refractivity contribution >= 4 is 46.9 Å². The first kappa shape index (κ1) is 20.9. The maximum Gasteiger partial charge on any atom is 0.338 e. The Hall–Kier alpha value is -1.80. The molecule has 2 aromatic carbocycles. The van der Waals surface area contributed by atoms with Crippen molar-refractivity contribution < 1.29 is 28.6 Å². The number of halogens is 3. The number of carbonyl (C=O) groups is 2. The van der Waals surface area contributed by atoms with Crippen LogP contribution in [-0.4, -0.2) is 46.6 Å². The first-order valence-corrected chi connectivity index (χ1v) is 9.92. The van der Waals surface area contributed by atoms with Crippen molar-refractivity contribution in [3.05, 3.63) is 69.7 Å². The van der Waals surface area contributed by atoms with Gasteiger partial charge in [-0.2, -0.15) is 0 Å². The number of hydrogen-bond donors (Lipinski definition) is 1. The van der Waals surface area contributed by atoms with E-state index in [4.69, 9.17) is 32.7 Å². The molecule has 148 valence electrons. The molecule has 28 heavy (non-hydrogen) atoms. The quantitative estimate of drug-likeness (QED) is 0.698. The zero-order valence-corrected chi connectivity index (χ0v) is 16.6. The number of ether oxygens (including phenoxy) is 2. The third kappa shape index (κ3) is 4.97. The summed E-state index contributed by atoms with van der Waals surface area (Å²) in [6.45, 7) is -0.234. The fraction of sp³-hybridized carbons (Fsp3) is 0.263. The average Bonchev–Trinajstić information content (AvgIpc) is 2.95. The largest absolute Gasteiger partial charge is 0.461 e. The van der Waals surface area contributed by atoms with E-state index in [1.165, 1.54) is 36.4 Å². The molecule has 0 amide bonds. The Morgan fingerprint density at radius 2 is 1.46 bits per heavy atom. The number of hydrogen-bond acceptors (Lipinski definition) is 6. The average molecular weight is 445 g/mol. The Kier molecular flexibility index (Phi) is 6.82. The summed E-state index contributed by atoms with van der Waals surface area (Å²) in [5.41, 5.74) is -0.915. The minimum absolute atomic E-state index is 0.194. The standard InChI is InChI=1S/C19H15Cl2FO5S/c20-12-5-1-10(2-6-12)17(23)26-9-14-16(15(22)19(25)28-14)27-18(24)11-3-7-13(21)8-4-11/h1-8,14-16,19,25H,9H2/t14-,15?,16-,19?/m1/s1. The maximum absolute atomic E-state index is 14.3. The lowest BCUT2D eigenvalue weighted by atomic mass is 10.1. The lowest BCUT2D eigenvalue weighted by Crippen LogP contribution is -2.36. The highest BCUT2D eigenvalue weighted by atomic mass is 35.5. The molecule has 1 aliphatic rings. The van der Waals surface area contributed by atoms with Crippen molar-refractivity contribution in [3.8, 4) is 0 Å². The summed E-state index contributed by atoms with van der Waals surface area (Å²) in [6.07, 6.45) is -3.07. The molecule has 0 bridgehead atoms. The zero-order valence-electron chi connectivity index (χ0n) is 14.3. The summed E-state index contributed by atoms with van der Waals surface area (Å²) < 4.78 is 24.8. The van der Waals surface area contributed by atoms with Gasteiger partial charge in [0.1, 0.15) is 12.0 Å². The molecular formula is C19H15Cl2FO5S. The molecule has 4 atom stereocenters. The van der Waals surface area contributed by atoms with E-state index in [9.17, 15) is 19.1 Å². The minimum Gasteiger partial charge on any atom is -0.461 e. The monoisotopic (exact) mass is 444 g/mol. The number of aliphatic hydroxyl groups is 1. The number of esters is 2. The fourth-order valence-electron chi connectivity index (χ4n) is 2.58. The second-order valence-electron chi connectivity index (χ2n) is 5.99. The van der Waals surface area contributed by atoms with Crippen molar-refractivity contribution in [2.24, 2.45) is 0 Å². The second-order valence-corrected chi connectivity index (χ2v) is 8.23. The predicted octanol–water partition coefficient (Wildman–Crippen LogP) is 4.15. The molecule has 1 N–H and O–H groups in total. The van der Waals surface area contributed by atoms with E-state index in [-0.39, 0.29) is 17.7 Å². The van der Waals surface area contributed by atoms with E-state index >= 15 is 0 Å². The Morgan fingerprint density at radius 1 is 0.964 bits per heavy atom. The van der Waals surface area contributed by atoms with Gasteiger partial charge in [0, 0.05) is 10.0 Å². The van der Waals surface area contributed by atoms with Crippen molar-refractivity contribution in [2.75, 3.05) is 6.61 Å². The molecule has 1 heterocycles. The SMILES string of the molecule is O=C(OC[C@H]1SC(O)C(F)[C@@H]1OC(=O)c1ccc(Cl)cc1)c1ccc(Cl)cc1. The molecule has 0 saturated carbocycles. The van der Waals surface area contributed by atoms with Gasteiger partial charge in [-0.15, -0.1) is 11.8 Å². The van der Waals surface area contributed by atoms with Crippen LogP contribution in [0.1, 0.15) is 20.7 Å². The first-order chi connectivity index (χ1) is 13.3. The molecular weight excluding hydrogens is 430 g/mol. The van der Waals surface area contributed by atoms with Crippen LogP contribution in [-0.2, 0) is 9.47 Å². The molecule has 5 nitrogen and oxygen atoms in total. The molecule has 9 heteroatoms. The van der Waals surface area contributed by atoms with Crippen LogP contribution in [0.5, 0.6) is 0 Å². The van der Waals surface area contributed by atoms with E-state index in [1.54, 1.807) is 12.1 Å². The van der Waals surface area contributed by atoms with Crippen LogP contribution in [0.3, 0.4) is 0 Å². The Labute approximate surface area is 174 Å². The van der Waals surface area contributed by atoms with Gasteiger partial charge in [0.15, 0.2) is 12.3 Å². The van der Waals surface area contributed by atoms with Crippen LogP contribution in [0.15, 0.2) is 48.5 Å². The van der Waals surface area contributed by atoms with Crippen molar-refractivity contribution in [3.63, 3.8) is 0 Å². The van der Waals surface area contributed by atoms with Crippen LogP contribution in [0.2, 0.25) is 10.0 Å². The number of thioether (sulfide) groups is 1. The van der Waals surface area contributed by atoms with Gasteiger partial charge in [-0.05, 0) is 48.5 Å². The molecule has 0 aliphatic carbocycles. The van der Waals surface area contributed by atoms with Crippen LogP contribution in [0, 0.1) is 0 Å². The summed E-state index contributed by atoms with van der Waals surface area (Å²) in [7, 11) is 0. The Bertz CT molecular complexity index is 846. The van der Waals surface area contributed by atoms with E-state index in [2.05, 4.69) is 0 Å². The van der Waals surface area contributed by atoms with Crippen LogP contribution >= 0.6 is 35.0 Å². The summed E-state index contributed by atoms with van der Waals surface area (Å²) >= 11 is 12.4. The normalized spacial score (nSPS) is 24.0. The topological polar surface area (TPSA) is 72.8 Å². The molecule has 2 unspecified atom stereocenters. The van der Waals surface area contributed by atoms with E-state index in [0.717, 1.165) is 11.8 Å². The lowest BCUT2D eigenvalue weighted by molar-refractivity contribution is -0.0112. The summed E-state index contributed by atoms with van der Waals surface area (Å²) in [5, 5.41) is 9.96. The summed E-state index contributed by atoms with van der Waals surface area (Å²) in [4.78, 5) is 24.4. The van der Waals surface area contributed by atoms with Gasteiger partial charge in [-0.1, -0.05) is 23.2 Å². The van der Waals surface area contributed by atoms with Crippen molar-refractivity contribution in [2.45, 2.75) is 23.0 Å². The Balaban J connectivity index is 1.63. The molecule has 0 aromatic heterocycles. The molecule has 3 rings (SSSR count). The molecule has 0 spiro atoms. The molecule has 2 aromatic rings. The fourth-order valence-corrected chi connectivity index (χ4v) is 4.00. The zero-order chi connectivity index (χ0) is 20.3. The van der Waals surface area contributed by atoms with Crippen LogP contribution in [0.25, 0.3) is 0 Å². The molecule has 0 radical (unpaired) electrons. The third-order valence-electron chi connectivity index (χ3n) is 4.05. The van der Waals surface area contributed by atoms with Gasteiger partial charge in [0.2, 0.25) is 0 Å². The highest BCUT2D eigenvalue weighted by Gasteiger charge is 2.47. The molecule has 1 saturated heterocycles. The third-order valence-corrected chi connectivity index (χ3v) is 5.85. The number of aliphatic hydroxyl groups excluding tert-OH is 1. The predicted molar refractivity (Wildman–Crippen MR) is 105 cm³/mol. The van der Waals surface area contributed by atoms with Crippen molar-refractivity contribution in [1.29, 1.82) is 0 Å². The minimum atomic E-state index is -1.81. The van der Waals surface area contributed by atoms with E-state index in [0.29, 0.717) is 10.0 Å². The maximum atomic E-state index is 14.3. The van der Waals surface area contributed by atoms with Crippen molar-refractivity contribution in [1.82, 2.24) is 0 Å². The van der Waals surface area contributed by atoms with Gasteiger partial charge < -0.3 is 14.6 Å². The van der Waals surface area contributed by atoms with Gasteiger partial charge >= 0.3 is 11.9 Å². The van der Waals surface area contributed by atoms with E-state index < -0.39 is 34.9 Å². The Morgan fingerprint density at radius 3 is 2.00 bits per heavy atom. The smallest absolute Gasteiger partial charge is 0.338 e. The van der Waals surface area contributed by atoms with Gasteiger partial charge in [0.25, 0.3) is 0 Å². The van der Waals surface area contributed by atoms with Gasteiger partial charge in [-0.25, -0.2) is 14.0 Å². The van der Waals surface area contributed by atoms with Crippen LogP contribution < -0.4 is 0 Å². The lowest BCUT2D eigenvalue weighted by Gasteiger charge is -2.20. The van der Waals surface area contributed by atoms with Gasteiger partial charge in [-0.3, -0.25) is 0 Å². The first-order valence-electron chi connectivity index (χ1n) is 8.22. The number of rotatable bonds is 5. The number of carbonyl (C=O) groups excluding carboxylic acids is 2. The highest BCUT2D eigenvalue weighted by molar-refractivity contribution is 8.00. The van der Waals surface area contributed by atoms with Crippen LogP contribution in [0.4, 0.5) is 4.39 Å². The summed E-state index contributed by atoms with van der Waals surface area (Å²) in [6, 6.07) is 12.0. The molecule has 1 fully saturated rings. The van der Waals surface area contributed by atoms with E-state index in [1.807, 2.05) is 0 Å². The number of benzene rings is 2. The van der Waals surface area contributed by atoms with Gasteiger partial charge in [0.05, 0.1) is 16.4 Å². The second kappa shape index (κ2) is 9.13. The number of alkyl halides is 1. The summed E-state index contributed by atoms with van der Waals surface area (Å²) in [5.74, 6) is -1.38.